The minimum Gasteiger partial charge on any atom is -0.321 e. The molecule has 6 rings (SSSR count). The lowest BCUT2D eigenvalue weighted by Gasteiger charge is -2.37. The van der Waals surface area contributed by atoms with E-state index in [4.69, 9.17) is 4.99 Å². The van der Waals surface area contributed by atoms with Crippen molar-refractivity contribution in [2.75, 3.05) is 4.90 Å². The summed E-state index contributed by atoms with van der Waals surface area (Å²) in [7, 11) is 0. The molecule has 0 N–H and O–H groups in total. The van der Waals surface area contributed by atoms with Gasteiger partial charge < -0.3 is 4.90 Å². The number of carbonyl (C=O) groups excluding carboxylic acids is 1. The van der Waals surface area contributed by atoms with Crippen molar-refractivity contribution in [3.8, 4) is 0 Å². The summed E-state index contributed by atoms with van der Waals surface area (Å²) in [6, 6.07) is 30.4. The number of benzene rings is 4. The van der Waals surface area contributed by atoms with Crippen molar-refractivity contribution in [3.63, 3.8) is 0 Å². The fourth-order valence-corrected chi connectivity index (χ4v) is 5.70. The molecule has 0 atom stereocenters. The van der Waals surface area contributed by atoms with Gasteiger partial charge in [-0.25, -0.2) is 4.99 Å². The van der Waals surface area contributed by atoms with Gasteiger partial charge in [0.1, 0.15) is 5.82 Å². The molecule has 0 bridgehead atoms. The monoisotopic (exact) mass is 660 g/mol. The van der Waals surface area contributed by atoms with E-state index >= 15 is 0 Å². The second-order valence-corrected chi connectivity index (χ2v) is 11.5. The highest BCUT2D eigenvalue weighted by atomic mass is 79.9. The van der Waals surface area contributed by atoms with Crippen LogP contribution in [0.25, 0.3) is 5.57 Å². The molecule has 2 heterocycles. The number of hydrogen-bond donors (Lipinski definition) is 0. The summed E-state index contributed by atoms with van der Waals surface area (Å²) in [5.41, 5.74) is 8.01. The van der Waals surface area contributed by atoms with E-state index in [-0.39, 0.29) is 12.2 Å². The van der Waals surface area contributed by atoms with Crippen LogP contribution in [0.15, 0.2) is 115 Å². The molecule has 0 unspecified atom stereocenters. The average molecular weight is 663 g/mol. The number of rotatable bonds is 4. The molecule has 0 saturated carbocycles. The third kappa shape index (κ3) is 4.32. The maximum atomic E-state index is 13.5. The Bertz CT molecular complexity index is 1570. The highest BCUT2D eigenvalue weighted by Gasteiger charge is 2.33. The summed E-state index contributed by atoms with van der Waals surface area (Å²) >= 11 is 10.7. The molecular weight excluding hydrogens is 644 g/mol. The third-order valence-electron chi connectivity index (χ3n) is 6.54. The summed E-state index contributed by atoms with van der Waals surface area (Å²) < 4.78 is 2.97. The molecule has 0 aliphatic carbocycles. The fourth-order valence-electron chi connectivity index (χ4n) is 4.81. The van der Waals surface area contributed by atoms with E-state index in [0.717, 1.165) is 52.9 Å². The van der Waals surface area contributed by atoms with E-state index in [1.54, 1.807) is 0 Å². The van der Waals surface area contributed by atoms with Gasteiger partial charge >= 0.3 is 0 Å². The smallest absolute Gasteiger partial charge is 0.167 e. The summed E-state index contributed by atoms with van der Waals surface area (Å²) in [4.78, 5) is 21.0. The van der Waals surface area contributed by atoms with Crippen molar-refractivity contribution in [1.82, 2.24) is 0 Å². The number of fused-ring (bicyclic) bond motifs is 4. The van der Waals surface area contributed by atoms with Crippen LogP contribution in [0, 0.1) is 0 Å². The van der Waals surface area contributed by atoms with Crippen molar-refractivity contribution < 1.29 is 4.79 Å². The van der Waals surface area contributed by atoms with Crippen molar-refractivity contribution >= 4 is 70.5 Å². The first-order valence-corrected chi connectivity index (χ1v) is 13.9. The van der Waals surface area contributed by atoms with Gasteiger partial charge in [0, 0.05) is 42.1 Å². The zero-order valence-electron chi connectivity index (χ0n) is 19.0. The molecular formula is C30H19Br3N2O. The zero-order valence-corrected chi connectivity index (χ0v) is 23.8. The molecule has 3 nitrogen and oxygen atoms in total. The first-order valence-electron chi connectivity index (χ1n) is 11.5. The van der Waals surface area contributed by atoms with Crippen molar-refractivity contribution in [3.05, 3.63) is 138 Å². The van der Waals surface area contributed by atoms with Crippen LogP contribution in [0.1, 0.15) is 39.0 Å². The van der Waals surface area contributed by atoms with E-state index in [9.17, 15) is 4.79 Å². The number of ketones is 1. The molecule has 0 radical (unpaired) electrons. The summed E-state index contributed by atoms with van der Waals surface area (Å²) in [5.74, 6) is 0.913. The lowest BCUT2D eigenvalue weighted by molar-refractivity contribution is 0.0998. The van der Waals surface area contributed by atoms with Crippen LogP contribution in [0.5, 0.6) is 0 Å². The van der Waals surface area contributed by atoms with Gasteiger partial charge in [0.2, 0.25) is 0 Å². The normalized spacial score (nSPS) is 14.1. The third-order valence-corrected chi connectivity index (χ3v) is 8.09. The van der Waals surface area contributed by atoms with Gasteiger partial charge in [-0.15, -0.1) is 0 Å². The maximum Gasteiger partial charge on any atom is 0.167 e. The van der Waals surface area contributed by atoms with Crippen LogP contribution in [0.2, 0.25) is 0 Å². The Kier molecular flexibility index (Phi) is 6.28. The van der Waals surface area contributed by atoms with Gasteiger partial charge in [-0.1, -0.05) is 96.3 Å². The first kappa shape index (κ1) is 23.6. The number of hydrogen-bond acceptors (Lipinski definition) is 3. The zero-order chi connectivity index (χ0) is 24.8. The van der Waals surface area contributed by atoms with E-state index in [0.29, 0.717) is 12.1 Å². The molecule has 0 amide bonds. The number of carbonyl (C=O) groups is 1. The van der Waals surface area contributed by atoms with Crippen LogP contribution in [0.4, 0.5) is 5.69 Å². The molecule has 2 aliphatic heterocycles. The molecule has 4 aromatic carbocycles. The second kappa shape index (κ2) is 9.58. The molecule has 4 aromatic rings. The minimum atomic E-state index is 0.0728. The Morgan fingerprint density at radius 1 is 0.778 bits per heavy atom. The predicted molar refractivity (Wildman–Crippen MR) is 157 cm³/mol. The van der Waals surface area contributed by atoms with Crippen LogP contribution in [-0.4, -0.2) is 11.5 Å². The van der Waals surface area contributed by atoms with Gasteiger partial charge in [-0.2, -0.15) is 0 Å². The molecule has 0 spiro atoms. The van der Waals surface area contributed by atoms with Crippen molar-refractivity contribution in [2.24, 2.45) is 4.99 Å². The van der Waals surface area contributed by atoms with Crippen molar-refractivity contribution in [1.29, 1.82) is 0 Å². The molecule has 176 valence electrons. The molecule has 2 aliphatic rings. The average Bonchev–Trinajstić information content (AvgIpc) is 2.89. The lowest BCUT2D eigenvalue weighted by Crippen LogP contribution is -2.32. The van der Waals surface area contributed by atoms with Crippen LogP contribution in [0.3, 0.4) is 0 Å². The minimum absolute atomic E-state index is 0.0728. The SMILES string of the molecule is O=C(CC1=C2N=C(c3ccc(Br)cc3)c3cc(Br)ccc3N2Cc2ccccc21)c1ccc(Br)cc1. The van der Waals surface area contributed by atoms with Gasteiger partial charge in [-0.05, 0) is 53.6 Å². The van der Waals surface area contributed by atoms with Gasteiger partial charge in [-0.3, -0.25) is 4.79 Å². The molecule has 36 heavy (non-hydrogen) atoms. The maximum absolute atomic E-state index is 13.5. The fraction of sp³-hybridized carbons (Fsp3) is 0.0667. The quantitative estimate of drug-likeness (QED) is 0.205. The first-order chi connectivity index (χ1) is 17.5. The van der Waals surface area contributed by atoms with Gasteiger partial charge in [0.15, 0.2) is 5.78 Å². The van der Waals surface area contributed by atoms with E-state index in [1.807, 2.05) is 42.5 Å². The van der Waals surface area contributed by atoms with Crippen molar-refractivity contribution in [2.45, 2.75) is 13.0 Å². The van der Waals surface area contributed by atoms with Crippen LogP contribution in [-0.2, 0) is 6.54 Å². The number of anilines is 1. The largest absolute Gasteiger partial charge is 0.321 e. The number of aliphatic imine (C=N–C) groups is 1. The Labute approximate surface area is 235 Å². The summed E-state index contributed by atoms with van der Waals surface area (Å²) in [6.07, 6.45) is 0.271. The van der Waals surface area contributed by atoms with E-state index in [2.05, 4.69) is 101 Å². The number of halogens is 3. The standard InChI is InChI=1S/C30H19Br3N2O/c31-21-9-5-18(6-10-21)28(36)16-25-24-4-2-1-3-20(24)17-35-27-14-13-23(33)15-26(27)29(34-30(25)35)19-7-11-22(32)12-8-19/h1-15H,16-17H2. The molecule has 0 aromatic heterocycles. The topological polar surface area (TPSA) is 32.7 Å². The highest BCUT2D eigenvalue weighted by molar-refractivity contribution is 9.11. The molecule has 0 saturated heterocycles. The second-order valence-electron chi connectivity index (χ2n) is 8.78. The molecule has 6 heteroatoms. The summed E-state index contributed by atoms with van der Waals surface area (Å²) in [5, 5.41) is 0. The van der Waals surface area contributed by atoms with E-state index in [1.165, 1.54) is 5.56 Å². The lowest BCUT2D eigenvalue weighted by atomic mass is 9.88. The Hall–Kier alpha value is -2.80. The molecule has 0 fully saturated rings. The number of nitrogens with zero attached hydrogens (tertiary/aromatic N) is 2. The number of allylic oxidation sites excluding steroid dienone is 1. The van der Waals surface area contributed by atoms with Gasteiger partial charge in [0.25, 0.3) is 0 Å². The van der Waals surface area contributed by atoms with Gasteiger partial charge in [0.05, 0.1) is 17.9 Å². The summed E-state index contributed by atoms with van der Waals surface area (Å²) in [6.45, 7) is 0.702. The van der Waals surface area contributed by atoms with Crippen LogP contribution >= 0.6 is 47.8 Å². The van der Waals surface area contributed by atoms with E-state index < -0.39 is 0 Å². The Balaban J connectivity index is 1.57. The highest BCUT2D eigenvalue weighted by Crippen LogP contribution is 2.43. The Morgan fingerprint density at radius 2 is 1.44 bits per heavy atom. The van der Waals surface area contributed by atoms with Crippen LogP contribution < -0.4 is 4.90 Å². The Morgan fingerprint density at radius 3 is 2.19 bits per heavy atom. The number of Topliss-reactive ketones (excluding diaryl/α,β-unsaturated/α-hetero) is 1. The predicted octanol–water partition coefficient (Wildman–Crippen LogP) is 8.79.